The Kier molecular flexibility index (Phi) is 5.53. The molecule has 100 valence electrons. The molecular weight excluding hydrogens is 298 g/mol. The first-order valence-corrected chi connectivity index (χ1v) is 6.83. The lowest BCUT2D eigenvalue weighted by Gasteiger charge is -2.10. The number of halogens is 1. The Hall–Kier alpha value is -1.17. The van der Waals surface area contributed by atoms with Crippen LogP contribution in [-0.2, 0) is 0 Å². The Bertz CT molecular complexity index is 449. The predicted octanol–water partition coefficient (Wildman–Crippen LogP) is 3.97. The molecule has 0 saturated carbocycles. The maximum absolute atomic E-state index is 11.1. The third-order valence-electron chi connectivity index (χ3n) is 2.76. The monoisotopic (exact) mass is 315 g/mol. The third kappa shape index (κ3) is 3.41. The maximum atomic E-state index is 11.1. The number of aromatic nitrogens is 1. The van der Waals surface area contributed by atoms with Crippen molar-refractivity contribution in [1.82, 2.24) is 4.98 Å². The highest BCUT2D eigenvalue weighted by Gasteiger charge is 2.22. The van der Waals surface area contributed by atoms with E-state index in [-0.39, 0.29) is 10.6 Å². The summed E-state index contributed by atoms with van der Waals surface area (Å²) in [5.74, 6) is 0.370. The molecule has 0 aromatic carbocycles. The highest BCUT2D eigenvalue weighted by Crippen LogP contribution is 2.33. The number of aryl methyl sites for hydroxylation is 1. The molecule has 0 atom stereocenters. The second-order valence-corrected chi connectivity index (χ2v) is 5.02. The molecule has 0 aliphatic heterocycles. The normalized spacial score (nSPS) is 10.4. The van der Waals surface area contributed by atoms with E-state index in [1.807, 2.05) is 6.92 Å². The van der Waals surface area contributed by atoms with Gasteiger partial charge in [-0.2, -0.15) is 0 Å². The molecule has 1 rings (SSSR count). The smallest absolute Gasteiger partial charge is 0.315 e. The molecule has 1 N–H and O–H groups in total. The minimum absolute atomic E-state index is 0.0592. The molecule has 1 aromatic heterocycles. The Morgan fingerprint density at radius 1 is 1.39 bits per heavy atom. The zero-order chi connectivity index (χ0) is 13.7. The van der Waals surface area contributed by atoms with E-state index in [0.29, 0.717) is 22.4 Å². The van der Waals surface area contributed by atoms with Crippen LogP contribution >= 0.6 is 15.9 Å². The summed E-state index contributed by atoms with van der Waals surface area (Å²) in [5.41, 5.74) is 1.44. The summed E-state index contributed by atoms with van der Waals surface area (Å²) in [6.45, 7) is 6.39. The van der Waals surface area contributed by atoms with Gasteiger partial charge < -0.3 is 5.32 Å². The first-order chi connectivity index (χ1) is 8.49. The highest BCUT2D eigenvalue weighted by atomic mass is 79.9. The number of unbranched alkanes of at least 4 members (excludes halogenated alkanes) is 2. The Morgan fingerprint density at radius 3 is 2.61 bits per heavy atom. The molecule has 0 amide bonds. The Balaban J connectivity index is 2.98. The number of nitrogens with one attached hydrogen (secondary N) is 1. The number of hydrogen-bond donors (Lipinski definition) is 1. The van der Waals surface area contributed by atoms with Crippen molar-refractivity contribution in [2.45, 2.75) is 40.0 Å². The van der Waals surface area contributed by atoms with Gasteiger partial charge in [-0.05, 0) is 36.2 Å². The van der Waals surface area contributed by atoms with E-state index < -0.39 is 0 Å². The van der Waals surface area contributed by atoms with Crippen molar-refractivity contribution in [3.8, 4) is 0 Å². The van der Waals surface area contributed by atoms with E-state index in [1.165, 1.54) is 0 Å². The topological polar surface area (TPSA) is 68.1 Å². The molecule has 0 spiro atoms. The van der Waals surface area contributed by atoms with Gasteiger partial charge in [-0.15, -0.1) is 0 Å². The molecule has 1 aromatic rings. The van der Waals surface area contributed by atoms with E-state index in [9.17, 15) is 10.1 Å². The van der Waals surface area contributed by atoms with Gasteiger partial charge in [0.05, 0.1) is 10.6 Å². The summed E-state index contributed by atoms with van der Waals surface area (Å²) < 4.78 is 0.702. The summed E-state index contributed by atoms with van der Waals surface area (Å²) in [4.78, 5) is 15.0. The first-order valence-electron chi connectivity index (χ1n) is 6.04. The van der Waals surface area contributed by atoms with E-state index >= 15 is 0 Å². The molecule has 0 aliphatic rings. The molecule has 1 heterocycles. The molecule has 18 heavy (non-hydrogen) atoms. The van der Waals surface area contributed by atoms with Gasteiger partial charge in [0.2, 0.25) is 5.82 Å². The van der Waals surface area contributed by atoms with Crippen LogP contribution in [0.5, 0.6) is 0 Å². The summed E-state index contributed by atoms with van der Waals surface area (Å²) in [6.07, 6.45) is 3.22. The third-order valence-corrected chi connectivity index (χ3v) is 3.93. The lowest BCUT2D eigenvalue weighted by molar-refractivity contribution is -0.384. The van der Waals surface area contributed by atoms with Crippen molar-refractivity contribution in [3.63, 3.8) is 0 Å². The molecule has 0 radical (unpaired) electrons. The molecule has 0 saturated heterocycles. The van der Waals surface area contributed by atoms with Crippen molar-refractivity contribution in [1.29, 1.82) is 0 Å². The molecule has 0 aliphatic carbocycles. The largest absolute Gasteiger partial charge is 0.364 e. The second-order valence-electron chi connectivity index (χ2n) is 4.22. The average molecular weight is 316 g/mol. The van der Waals surface area contributed by atoms with Gasteiger partial charge in [0.1, 0.15) is 0 Å². The number of anilines is 1. The highest BCUT2D eigenvalue weighted by molar-refractivity contribution is 9.10. The van der Waals surface area contributed by atoms with Crippen molar-refractivity contribution in [2.75, 3.05) is 11.9 Å². The van der Waals surface area contributed by atoms with Crippen LogP contribution in [0.25, 0.3) is 0 Å². The summed E-state index contributed by atoms with van der Waals surface area (Å²) >= 11 is 3.33. The van der Waals surface area contributed by atoms with Gasteiger partial charge in [0, 0.05) is 16.6 Å². The van der Waals surface area contributed by atoms with Crippen LogP contribution in [-0.4, -0.2) is 16.5 Å². The fourth-order valence-electron chi connectivity index (χ4n) is 1.75. The quantitative estimate of drug-likeness (QED) is 0.490. The van der Waals surface area contributed by atoms with Crippen LogP contribution < -0.4 is 5.32 Å². The lowest BCUT2D eigenvalue weighted by atomic mass is 10.2. The Labute approximate surface area is 115 Å². The van der Waals surface area contributed by atoms with Crippen molar-refractivity contribution in [3.05, 3.63) is 25.8 Å². The summed E-state index contributed by atoms with van der Waals surface area (Å²) in [7, 11) is 0. The van der Waals surface area contributed by atoms with Crippen LogP contribution in [0.4, 0.5) is 11.5 Å². The van der Waals surface area contributed by atoms with E-state index in [1.54, 1.807) is 6.92 Å². The Morgan fingerprint density at radius 2 is 2.06 bits per heavy atom. The van der Waals surface area contributed by atoms with Gasteiger partial charge >= 0.3 is 5.69 Å². The maximum Gasteiger partial charge on any atom is 0.315 e. The number of pyridine rings is 1. The zero-order valence-electron chi connectivity index (χ0n) is 10.9. The van der Waals surface area contributed by atoms with Gasteiger partial charge in [0.15, 0.2) is 0 Å². The van der Waals surface area contributed by atoms with Crippen LogP contribution in [0.1, 0.15) is 37.4 Å². The predicted molar refractivity (Wildman–Crippen MR) is 76.1 cm³/mol. The van der Waals surface area contributed by atoms with Crippen LogP contribution in [0.3, 0.4) is 0 Å². The number of nitrogens with zero attached hydrogens (tertiary/aromatic N) is 2. The summed E-state index contributed by atoms with van der Waals surface area (Å²) in [6, 6.07) is 0. The average Bonchev–Trinajstić information content (AvgIpc) is 2.31. The molecule has 0 bridgehead atoms. The van der Waals surface area contributed by atoms with E-state index in [2.05, 4.69) is 33.2 Å². The minimum Gasteiger partial charge on any atom is -0.364 e. The van der Waals surface area contributed by atoms with Gasteiger partial charge in [-0.1, -0.05) is 19.8 Å². The standard InChI is InChI=1S/C12H18BrN3O2/c1-4-5-6-7-14-12-11(16(17)18)8(2)10(13)9(3)15-12/h4-7H2,1-3H3,(H,14,15). The van der Waals surface area contributed by atoms with E-state index in [0.717, 1.165) is 25.0 Å². The van der Waals surface area contributed by atoms with Crippen molar-refractivity contribution < 1.29 is 4.92 Å². The van der Waals surface area contributed by atoms with Gasteiger partial charge in [-0.25, -0.2) is 4.98 Å². The minimum atomic E-state index is -0.380. The molecular formula is C12H18BrN3O2. The van der Waals surface area contributed by atoms with Crippen LogP contribution in [0.15, 0.2) is 4.47 Å². The van der Waals surface area contributed by atoms with Crippen LogP contribution in [0.2, 0.25) is 0 Å². The van der Waals surface area contributed by atoms with E-state index in [4.69, 9.17) is 0 Å². The fraction of sp³-hybridized carbons (Fsp3) is 0.583. The van der Waals surface area contributed by atoms with Crippen LogP contribution in [0, 0.1) is 24.0 Å². The molecule has 0 fully saturated rings. The first kappa shape index (κ1) is 14.9. The fourth-order valence-corrected chi connectivity index (χ4v) is 2.03. The van der Waals surface area contributed by atoms with Crippen molar-refractivity contribution in [2.24, 2.45) is 0 Å². The second kappa shape index (κ2) is 6.68. The number of hydrogen-bond acceptors (Lipinski definition) is 4. The lowest BCUT2D eigenvalue weighted by Crippen LogP contribution is -2.09. The van der Waals surface area contributed by atoms with Crippen molar-refractivity contribution >= 4 is 27.4 Å². The molecule has 0 unspecified atom stereocenters. The molecule has 5 nitrogen and oxygen atoms in total. The van der Waals surface area contributed by atoms with Gasteiger partial charge in [0.25, 0.3) is 0 Å². The SMILES string of the molecule is CCCCCNc1nc(C)c(Br)c(C)c1[N+](=O)[O-]. The zero-order valence-corrected chi connectivity index (χ0v) is 12.5. The number of rotatable bonds is 6. The molecule has 6 heteroatoms. The van der Waals surface area contributed by atoms with Gasteiger partial charge in [-0.3, -0.25) is 10.1 Å². The number of nitro groups is 1. The summed E-state index contributed by atoms with van der Waals surface area (Å²) in [5, 5.41) is 14.2.